The highest BCUT2D eigenvalue weighted by Gasteiger charge is 2.42. The fourth-order valence-corrected chi connectivity index (χ4v) is 5.09. The summed E-state index contributed by atoms with van der Waals surface area (Å²) in [6, 6.07) is 19.8. The zero-order valence-corrected chi connectivity index (χ0v) is 18.3. The number of nitro benzene ring substituents is 1. The summed E-state index contributed by atoms with van der Waals surface area (Å²) in [5.74, 6) is 2.20. The molecule has 9 nitrogen and oxygen atoms in total. The van der Waals surface area contributed by atoms with Gasteiger partial charge in [0.15, 0.2) is 5.82 Å². The molecule has 170 valence electrons. The molecule has 2 aliphatic rings. The highest BCUT2D eigenvalue weighted by atomic mass is 16.6. The van der Waals surface area contributed by atoms with Crippen molar-refractivity contribution in [1.82, 2.24) is 19.9 Å². The predicted octanol–water partition coefficient (Wildman–Crippen LogP) is 3.74. The zero-order valence-electron chi connectivity index (χ0n) is 18.3. The largest absolute Gasteiger partial charge is 0.356 e. The van der Waals surface area contributed by atoms with E-state index in [1.807, 2.05) is 47.4 Å². The number of carbonyl (C=O) groups excluding carboxylic acids is 1. The molecule has 4 heterocycles. The molecule has 2 atom stereocenters. The maximum absolute atomic E-state index is 12.9. The Kier molecular flexibility index (Phi) is 4.75. The normalized spacial score (nSPS) is 19.5. The van der Waals surface area contributed by atoms with Crippen LogP contribution in [0.5, 0.6) is 0 Å². The number of benzene rings is 2. The van der Waals surface area contributed by atoms with Gasteiger partial charge in [-0.3, -0.25) is 14.9 Å². The van der Waals surface area contributed by atoms with Crippen LogP contribution in [0.3, 0.4) is 0 Å². The van der Waals surface area contributed by atoms with Gasteiger partial charge in [0.25, 0.3) is 11.6 Å². The molecule has 2 unspecified atom stereocenters. The van der Waals surface area contributed by atoms with Crippen molar-refractivity contribution in [2.75, 3.05) is 31.1 Å². The van der Waals surface area contributed by atoms with E-state index in [0.717, 1.165) is 41.5 Å². The number of H-pyrrole nitrogens is 1. The Morgan fingerprint density at radius 1 is 0.941 bits per heavy atom. The Balaban J connectivity index is 1.16. The number of non-ortho nitro benzene ring substituents is 1. The van der Waals surface area contributed by atoms with Crippen molar-refractivity contribution in [2.45, 2.75) is 0 Å². The van der Waals surface area contributed by atoms with Crippen LogP contribution in [0, 0.1) is 22.0 Å². The molecule has 9 heteroatoms. The number of hydrogen-bond donors (Lipinski definition) is 1. The SMILES string of the molecule is O=C(c1cccc([N+](=O)[O-])c1)N1CC2CN(c3cccc(-c4nc5ccccc5[nH]4)n3)CC2C1. The first-order valence-electron chi connectivity index (χ1n) is 11.3. The lowest BCUT2D eigenvalue weighted by Gasteiger charge is -2.22. The second kappa shape index (κ2) is 7.95. The van der Waals surface area contributed by atoms with E-state index < -0.39 is 4.92 Å². The monoisotopic (exact) mass is 454 g/mol. The molecule has 2 aromatic carbocycles. The lowest BCUT2D eigenvalue weighted by molar-refractivity contribution is -0.384. The van der Waals surface area contributed by atoms with Crippen molar-refractivity contribution < 1.29 is 9.72 Å². The van der Waals surface area contributed by atoms with Crippen LogP contribution < -0.4 is 4.90 Å². The molecule has 2 fully saturated rings. The molecule has 6 rings (SSSR count). The molecule has 4 aromatic rings. The standard InChI is InChI=1S/C25H22N6O3/c32-25(16-5-3-6-19(11-16)31(33)34)30-14-17-12-29(13-18(17)15-30)23-10-4-9-22(26-23)24-27-20-7-1-2-8-21(20)28-24/h1-11,17-18H,12-15H2,(H,27,28). The van der Waals surface area contributed by atoms with Crippen molar-refractivity contribution in [1.29, 1.82) is 0 Å². The minimum absolute atomic E-state index is 0.0631. The van der Waals surface area contributed by atoms with Crippen LogP contribution in [-0.4, -0.2) is 56.9 Å². The average molecular weight is 454 g/mol. The lowest BCUT2D eigenvalue weighted by atomic mass is 10.0. The Hall–Kier alpha value is -4.27. The van der Waals surface area contributed by atoms with Gasteiger partial charge in [-0.2, -0.15) is 0 Å². The van der Waals surface area contributed by atoms with E-state index in [2.05, 4.69) is 14.9 Å². The predicted molar refractivity (Wildman–Crippen MR) is 128 cm³/mol. The number of nitrogens with zero attached hydrogens (tertiary/aromatic N) is 5. The minimum Gasteiger partial charge on any atom is -0.356 e. The van der Waals surface area contributed by atoms with E-state index in [1.54, 1.807) is 12.1 Å². The number of pyridine rings is 1. The minimum atomic E-state index is -0.472. The molecule has 2 saturated heterocycles. The van der Waals surface area contributed by atoms with Crippen molar-refractivity contribution in [3.63, 3.8) is 0 Å². The molecule has 34 heavy (non-hydrogen) atoms. The number of hydrogen-bond acceptors (Lipinski definition) is 6. The fraction of sp³-hybridized carbons (Fsp3) is 0.240. The Morgan fingerprint density at radius 2 is 1.71 bits per heavy atom. The van der Waals surface area contributed by atoms with E-state index in [1.165, 1.54) is 12.1 Å². The van der Waals surface area contributed by atoms with E-state index in [4.69, 9.17) is 4.98 Å². The van der Waals surface area contributed by atoms with Crippen molar-refractivity contribution in [3.05, 3.63) is 82.4 Å². The molecular weight excluding hydrogens is 432 g/mol. The van der Waals surface area contributed by atoms with Crippen LogP contribution in [0.1, 0.15) is 10.4 Å². The van der Waals surface area contributed by atoms with Gasteiger partial charge in [-0.1, -0.05) is 24.3 Å². The summed E-state index contributed by atoms with van der Waals surface area (Å²) >= 11 is 0. The molecule has 2 aliphatic heterocycles. The smallest absolute Gasteiger partial charge is 0.270 e. The molecule has 0 spiro atoms. The number of anilines is 1. The summed E-state index contributed by atoms with van der Waals surface area (Å²) in [4.78, 5) is 40.5. The van der Waals surface area contributed by atoms with Crippen molar-refractivity contribution >= 4 is 28.4 Å². The zero-order chi connectivity index (χ0) is 23.2. The van der Waals surface area contributed by atoms with Crippen LogP contribution in [0.2, 0.25) is 0 Å². The van der Waals surface area contributed by atoms with Crippen LogP contribution in [0.4, 0.5) is 11.5 Å². The van der Waals surface area contributed by atoms with Gasteiger partial charge in [0.1, 0.15) is 11.5 Å². The molecule has 1 amide bonds. The topological polar surface area (TPSA) is 108 Å². The second-order valence-electron chi connectivity index (χ2n) is 8.93. The molecular formula is C25H22N6O3. The number of aromatic amines is 1. The summed E-state index contributed by atoms with van der Waals surface area (Å²) in [7, 11) is 0. The van der Waals surface area contributed by atoms with Crippen LogP contribution in [0.25, 0.3) is 22.6 Å². The third-order valence-electron chi connectivity index (χ3n) is 6.77. The van der Waals surface area contributed by atoms with Crippen molar-refractivity contribution in [2.24, 2.45) is 11.8 Å². The maximum Gasteiger partial charge on any atom is 0.270 e. The Labute approximate surface area is 195 Å². The van der Waals surface area contributed by atoms with Gasteiger partial charge in [0, 0.05) is 55.7 Å². The Morgan fingerprint density at radius 3 is 2.47 bits per heavy atom. The summed E-state index contributed by atoms with van der Waals surface area (Å²) in [6.07, 6.45) is 0. The van der Waals surface area contributed by atoms with Gasteiger partial charge in [0.05, 0.1) is 16.0 Å². The second-order valence-corrected chi connectivity index (χ2v) is 8.93. The molecule has 1 N–H and O–H groups in total. The number of rotatable bonds is 4. The first-order chi connectivity index (χ1) is 16.5. The molecule has 0 saturated carbocycles. The number of para-hydroxylation sites is 2. The number of fused-ring (bicyclic) bond motifs is 2. The molecule has 0 bridgehead atoms. The van der Waals surface area contributed by atoms with E-state index >= 15 is 0 Å². The maximum atomic E-state index is 12.9. The fourth-order valence-electron chi connectivity index (χ4n) is 5.09. The molecule has 0 aliphatic carbocycles. The summed E-state index contributed by atoms with van der Waals surface area (Å²) < 4.78 is 0. The highest BCUT2D eigenvalue weighted by Crippen LogP contribution is 2.34. The number of aromatic nitrogens is 3. The average Bonchev–Trinajstić information content (AvgIpc) is 3.57. The van der Waals surface area contributed by atoms with Crippen LogP contribution in [0.15, 0.2) is 66.7 Å². The van der Waals surface area contributed by atoms with Gasteiger partial charge < -0.3 is 14.8 Å². The number of likely N-dealkylation sites (tertiary alicyclic amines) is 1. The van der Waals surface area contributed by atoms with Crippen molar-refractivity contribution in [3.8, 4) is 11.5 Å². The van der Waals surface area contributed by atoms with Gasteiger partial charge >= 0.3 is 0 Å². The third kappa shape index (κ3) is 3.55. The van der Waals surface area contributed by atoms with E-state index in [0.29, 0.717) is 30.5 Å². The quantitative estimate of drug-likeness (QED) is 0.372. The number of nitro groups is 1. The molecule has 2 aromatic heterocycles. The number of nitrogens with one attached hydrogen (secondary N) is 1. The van der Waals surface area contributed by atoms with Gasteiger partial charge in [-0.05, 0) is 30.3 Å². The van der Waals surface area contributed by atoms with E-state index in [-0.39, 0.29) is 11.6 Å². The van der Waals surface area contributed by atoms with Crippen LogP contribution >= 0.6 is 0 Å². The van der Waals surface area contributed by atoms with Gasteiger partial charge in [0.2, 0.25) is 0 Å². The summed E-state index contributed by atoms with van der Waals surface area (Å²) in [5, 5.41) is 11.1. The third-order valence-corrected chi connectivity index (χ3v) is 6.77. The molecule has 0 radical (unpaired) electrons. The lowest BCUT2D eigenvalue weighted by Crippen LogP contribution is -2.33. The number of amides is 1. The Bertz CT molecular complexity index is 1370. The first kappa shape index (κ1) is 20.3. The van der Waals surface area contributed by atoms with Gasteiger partial charge in [-0.25, -0.2) is 9.97 Å². The summed E-state index contributed by atoms with van der Waals surface area (Å²) in [5.41, 5.74) is 2.99. The van der Waals surface area contributed by atoms with Crippen LogP contribution in [-0.2, 0) is 0 Å². The van der Waals surface area contributed by atoms with E-state index in [9.17, 15) is 14.9 Å². The number of carbonyl (C=O) groups is 1. The summed E-state index contributed by atoms with van der Waals surface area (Å²) in [6.45, 7) is 2.93. The van der Waals surface area contributed by atoms with Gasteiger partial charge in [-0.15, -0.1) is 0 Å². The highest BCUT2D eigenvalue weighted by molar-refractivity contribution is 5.95. The first-order valence-corrected chi connectivity index (χ1v) is 11.3. The number of imidazole rings is 1.